The third kappa shape index (κ3) is 5.30. The molecule has 1 amide bonds. The molecule has 2 aromatic carbocycles. The van der Waals surface area contributed by atoms with E-state index in [2.05, 4.69) is 5.32 Å². The van der Waals surface area contributed by atoms with Crippen molar-refractivity contribution in [3.05, 3.63) is 59.4 Å². The predicted molar refractivity (Wildman–Crippen MR) is 93.7 cm³/mol. The van der Waals surface area contributed by atoms with E-state index in [9.17, 15) is 9.18 Å². The van der Waals surface area contributed by atoms with Crippen LogP contribution in [-0.2, 0) is 11.3 Å². The van der Waals surface area contributed by atoms with Gasteiger partial charge in [-0.2, -0.15) is 5.26 Å². The molecule has 0 heterocycles. The molecular weight excluding hydrogens is 321 g/mol. The number of nitriles is 1. The molecule has 6 heteroatoms. The number of hydrogen-bond donors (Lipinski definition) is 1. The van der Waals surface area contributed by atoms with Crippen LogP contribution in [0.5, 0.6) is 5.75 Å². The number of likely N-dealkylation sites (N-methyl/N-ethyl adjacent to an activating group) is 1. The van der Waals surface area contributed by atoms with Crippen LogP contribution in [-0.4, -0.2) is 31.0 Å². The van der Waals surface area contributed by atoms with Crippen molar-refractivity contribution in [1.82, 2.24) is 4.90 Å². The monoisotopic (exact) mass is 341 g/mol. The number of carbonyl (C=O) groups is 1. The van der Waals surface area contributed by atoms with Crippen LogP contribution in [0.25, 0.3) is 0 Å². The Morgan fingerprint density at radius 1 is 1.32 bits per heavy atom. The van der Waals surface area contributed by atoms with Crippen LogP contribution in [0.3, 0.4) is 0 Å². The first-order chi connectivity index (χ1) is 12.0. The van der Waals surface area contributed by atoms with Gasteiger partial charge in [-0.05, 0) is 42.4 Å². The lowest BCUT2D eigenvalue weighted by atomic mass is 10.2. The largest absolute Gasteiger partial charge is 0.494 e. The normalized spacial score (nSPS) is 10.4. The highest BCUT2D eigenvalue weighted by Gasteiger charge is 2.12. The van der Waals surface area contributed by atoms with Gasteiger partial charge >= 0.3 is 0 Å². The Morgan fingerprint density at radius 2 is 2.12 bits per heavy atom. The Balaban J connectivity index is 1.97. The van der Waals surface area contributed by atoms with Crippen LogP contribution in [0.2, 0.25) is 0 Å². The van der Waals surface area contributed by atoms with Crippen molar-refractivity contribution in [3.8, 4) is 11.8 Å². The fourth-order valence-electron chi connectivity index (χ4n) is 2.42. The standard InChI is InChI=1S/C19H20FN3O2/c1-3-23(12-15-7-8-18(25-2)17(20)10-15)13-19(24)22-16-6-4-5-14(9-16)11-21/h4-10H,3,12-13H2,1-2H3,(H,22,24). The van der Waals surface area contributed by atoms with Gasteiger partial charge in [-0.15, -0.1) is 0 Å². The van der Waals surface area contributed by atoms with Crippen molar-refractivity contribution in [1.29, 1.82) is 5.26 Å². The highest BCUT2D eigenvalue weighted by molar-refractivity contribution is 5.92. The van der Waals surface area contributed by atoms with Crippen molar-refractivity contribution >= 4 is 11.6 Å². The van der Waals surface area contributed by atoms with E-state index < -0.39 is 5.82 Å². The van der Waals surface area contributed by atoms with Crippen molar-refractivity contribution in [3.63, 3.8) is 0 Å². The molecule has 0 spiro atoms. The SMILES string of the molecule is CCN(CC(=O)Nc1cccc(C#N)c1)Cc1ccc(OC)c(F)c1. The molecule has 0 aliphatic rings. The number of rotatable bonds is 7. The average Bonchev–Trinajstić information content (AvgIpc) is 2.61. The Kier molecular flexibility index (Phi) is 6.49. The first-order valence-electron chi connectivity index (χ1n) is 7.90. The smallest absolute Gasteiger partial charge is 0.238 e. The predicted octanol–water partition coefficient (Wildman–Crippen LogP) is 3.17. The Morgan fingerprint density at radius 3 is 2.76 bits per heavy atom. The molecule has 0 aliphatic heterocycles. The van der Waals surface area contributed by atoms with Crippen molar-refractivity contribution < 1.29 is 13.9 Å². The third-order valence-corrected chi connectivity index (χ3v) is 3.71. The van der Waals surface area contributed by atoms with E-state index in [0.29, 0.717) is 24.3 Å². The number of halogens is 1. The van der Waals surface area contributed by atoms with E-state index in [1.807, 2.05) is 17.9 Å². The number of ether oxygens (including phenoxy) is 1. The first kappa shape index (κ1) is 18.4. The lowest BCUT2D eigenvalue weighted by Crippen LogP contribution is -2.32. The van der Waals surface area contributed by atoms with Crippen LogP contribution in [0, 0.1) is 17.1 Å². The lowest BCUT2D eigenvalue weighted by molar-refractivity contribution is -0.117. The second kappa shape index (κ2) is 8.81. The fraction of sp³-hybridized carbons (Fsp3) is 0.263. The minimum atomic E-state index is -0.422. The summed E-state index contributed by atoms with van der Waals surface area (Å²) in [5.41, 5.74) is 1.83. The summed E-state index contributed by atoms with van der Waals surface area (Å²) in [6.45, 7) is 3.19. The summed E-state index contributed by atoms with van der Waals surface area (Å²) < 4.78 is 18.7. The zero-order valence-corrected chi connectivity index (χ0v) is 14.3. The number of hydrogen-bond acceptors (Lipinski definition) is 4. The summed E-state index contributed by atoms with van der Waals surface area (Å²) in [5, 5.41) is 11.7. The molecule has 0 radical (unpaired) electrons. The molecule has 25 heavy (non-hydrogen) atoms. The zero-order valence-electron chi connectivity index (χ0n) is 14.3. The highest BCUT2D eigenvalue weighted by Crippen LogP contribution is 2.18. The quantitative estimate of drug-likeness (QED) is 0.840. The molecule has 0 atom stereocenters. The summed E-state index contributed by atoms with van der Waals surface area (Å²) in [6.07, 6.45) is 0. The van der Waals surface area contributed by atoms with Crippen LogP contribution in [0.4, 0.5) is 10.1 Å². The molecule has 0 unspecified atom stereocenters. The van der Waals surface area contributed by atoms with Gasteiger partial charge in [-0.25, -0.2) is 4.39 Å². The number of carbonyl (C=O) groups excluding carboxylic acids is 1. The molecule has 0 bridgehead atoms. The van der Waals surface area contributed by atoms with E-state index >= 15 is 0 Å². The summed E-state index contributed by atoms with van der Waals surface area (Å²) in [6, 6.07) is 13.5. The minimum Gasteiger partial charge on any atom is -0.494 e. The maximum absolute atomic E-state index is 13.8. The fourth-order valence-corrected chi connectivity index (χ4v) is 2.42. The molecule has 0 aliphatic carbocycles. The van der Waals surface area contributed by atoms with Gasteiger partial charge in [0.25, 0.3) is 0 Å². The third-order valence-electron chi connectivity index (χ3n) is 3.71. The Bertz CT molecular complexity index is 786. The number of nitrogens with one attached hydrogen (secondary N) is 1. The minimum absolute atomic E-state index is 0.168. The number of amides is 1. The number of anilines is 1. The highest BCUT2D eigenvalue weighted by atomic mass is 19.1. The maximum Gasteiger partial charge on any atom is 0.238 e. The molecule has 0 saturated carbocycles. The van der Waals surface area contributed by atoms with Gasteiger partial charge in [0.05, 0.1) is 25.3 Å². The average molecular weight is 341 g/mol. The summed E-state index contributed by atoms with van der Waals surface area (Å²) in [4.78, 5) is 14.1. The summed E-state index contributed by atoms with van der Waals surface area (Å²) in [7, 11) is 1.42. The lowest BCUT2D eigenvalue weighted by Gasteiger charge is -2.20. The van der Waals surface area contributed by atoms with E-state index in [-0.39, 0.29) is 18.2 Å². The molecule has 2 rings (SSSR count). The Labute approximate surface area is 146 Å². The van der Waals surface area contributed by atoms with Gasteiger partial charge in [0, 0.05) is 12.2 Å². The van der Waals surface area contributed by atoms with Gasteiger partial charge < -0.3 is 10.1 Å². The van der Waals surface area contributed by atoms with Gasteiger partial charge in [0.2, 0.25) is 5.91 Å². The van der Waals surface area contributed by atoms with Crippen LogP contribution in [0.1, 0.15) is 18.1 Å². The van der Waals surface area contributed by atoms with E-state index in [4.69, 9.17) is 10.00 Å². The molecule has 1 N–H and O–H groups in total. The van der Waals surface area contributed by atoms with Crippen LogP contribution >= 0.6 is 0 Å². The second-order valence-electron chi connectivity index (χ2n) is 5.51. The molecule has 0 aromatic heterocycles. The number of nitrogens with zero attached hydrogens (tertiary/aromatic N) is 2. The molecule has 5 nitrogen and oxygen atoms in total. The molecule has 2 aromatic rings. The maximum atomic E-state index is 13.8. The molecule has 0 fully saturated rings. The zero-order chi connectivity index (χ0) is 18.2. The molecular formula is C19H20FN3O2. The number of benzene rings is 2. The topological polar surface area (TPSA) is 65.4 Å². The first-order valence-corrected chi connectivity index (χ1v) is 7.90. The van der Waals surface area contributed by atoms with Crippen molar-refractivity contribution in [2.45, 2.75) is 13.5 Å². The second-order valence-corrected chi connectivity index (χ2v) is 5.51. The van der Waals surface area contributed by atoms with E-state index in [1.54, 1.807) is 36.4 Å². The van der Waals surface area contributed by atoms with Crippen molar-refractivity contribution in [2.75, 3.05) is 25.5 Å². The van der Waals surface area contributed by atoms with E-state index in [1.165, 1.54) is 13.2 Å². The van der Waals surface area contributed by atoms with Crippen molar-refractivity contribution in [2.24, 2.45) is 0 Å². The van der Waals surface area contributed by atoms with Gasteiger partial charge in [0.1, 0.15) is 0 Å². The van der Waals surface area contributed by atoms with Crippen LogP contribution < -0.4 is 10.1 Å². The van der Waals surface area contributed by atoms with Gasteiger partial charge in [-0.1, -0.05) is 19.1 Å². The summed E-state index contributed by atoms with van der Waals surface area (Å²) in [5.74, 6) is -0.415. The molecule has 130 valence electrons. The van der Waals surface area contributed by atoms with E-state index in [0.717, 1.165) is 5.56 Å². The van der Waals surface area contributed by atoms with Gasteiger partial charge in [-0.3, -0.25) is 9.69 Å². The van der Waals surface area contributed by atoms with Gasteiger partial charge in [0.15, 0.2) is 11.6 Å². The van der Waals surface area contributed by atoms with Crippen LogP contribution in [0.15, 0.2) is 42.5 Å². The number of methoxy groups -OCH3 is 1. The molecule has 0 saturated heterocycles. The Hall–Kier alpha value is -2.91. The summed E-state index contributed by atoms with van der Waals surface area (Å²) >= 11 is 0.